The Hall–Kier alpha value is -2.04. The highest BCUT2D eigenvalue weighted by Gasteiger charge is 2.21. The molecule has 82 valence electrons. The number of rotatable bonds is 2. The summed E-state index contributed by atoms with van der Waals surface area (Å²) in [5.74, 6) is -5.49. The Morgan fingerprint density at radius 3 is 2.44 bits per heavy atom. The van der Waals surface area contributed by atoms with Gasteiger partial charge < -0.3 is 4.42 Å². The highest BCUT2D eigenvalue weighted by molar-refractivity contribution is 6.07. The molecule has 2 rings (SSSR count). The molecule has 5 heteroatoms. The molecule has 0 atom stereocenters. The molecule has 0 saturated heterocycles. The van der Waals surface area contributed by atoms with Crippen molar-refractivity contribution in [1.82, 2.24) is 0 Å². The van der Waals surface area contributed by atoms with Gasteiger partial charge in [0.1, 0.15) is 0 Å². The van der Waals surface area contributed by atoms with Gasteiger partial charge in [-0.15, -0.1) is 0 Å². The molecule has 0 unspecified atom stereocenters. The fraction of sp³-hybridized carbons (Fsp3) is 0. The zero-order valence-electron chi connectivity index (χ0n) is 7.84. The van der Waals surface area contributed by atoms with E-state index >= 15 is 0 Å². The van der Waals surface area contributed by atoms with Gasteiger partial charge in [0, 0.05) is 0 Å². The smallest absolute Gasteiger partial charge is 0.231 e. The summed E-state index contributed by atoms with van der Waals surface area (Å²) in [5.41, 5.74) is -0.561. The Labute approximate surface area is 88.3 Å². The molecule has 2 aromatic rings. The SMILES string of the molecule is O=C(c1ccco1)c1ccc(F)c(F)c1F. The number of carbonyl (C=O) groups is 1. The van der Waals surface area contributed by atoms with Gasteiger partial charge in [0.2, 0.25) is 5.78 Å². The van der Waals surface area contributed by atoms with E-state index in [0.717, 1.165) is 6.07 Å². The first-order valence-electron chi connectivity index (χ1n) is 4.33. The van der Waals surface area contributed by atoms with E-state index < -0.39 is 28.8 Å². The largest absolute Gasteiger partial charge is 0.461 e. The van der Waals surface area contributed by atoms with Gasteiger partial charge in [0.15, 0.2) is 23.2 Å². The molecule has 2 nitrogen and oxygen atoms in total. The summed E-state index contributed by atoms with van der Waals surface area (Å²) in [7, 11) is 0. The Bertz CT molecular complexity index is 532. The first-order chi connectivity index (χ1) is 7.61. The van der Waals surface area contributed by atoms with Crippen molar-refractivity contribution in [2.24, 2.45) is 0 Å². The van der Waals surface area contributed by atoms with Gasteiger partial charge >= 0.3 is 0 Å². The average Bonchev–Trinajstić information content (AvgIpc) is 2.79. The number of benzene rings is 1. The van der Waals surface area contributed by atoms with E-state index in [9.17, 15) is 18.0 Å². The highest BCUT2D eigenvalue weighted by Crippen LogP contribution is 2.18. The van der Waals surface area contributed by atoms with Crippen molar-refractivity contribution >= 4 is 5.78 Å². The molecule has 0 bridgehead atoms. The van der Waals surface area contributed by atoms with Gasteiger partial charge in [0.05, 0.1) is 11.8 Å². The van der Waals surface area contributed by atoms with Gasteiger partial charge in [-0.2, -0.15) is 0 Å². The van der Waals surface area contributed by atoms with Gasteiger partial charge in [-0.3, -0.25) is 4.79 Å². The zero-order chi connectivity index (χ0) is 11.7. The van der Waals surface area contributed by atoms with Crippen LogP contribution in [0.2, 0.25) is 0 Å². The lowest BCUT2D eigenvalue weighted by atomic mass is 10.1. The van der Waals surface area contributed by atoms with Gasteiger partial charge in [0.25, 0.3) is 0 Å². The van der Waals surface area contributed by atoms with Crippen molar-refractivity contribution in [1.29, 1.82) is 0 Å². The second kappa shape index (κ2) is 3.84. The fourth-order valence-electron chi connectivity index (χ4n) is 1.24. The molecule has 0 aliphatic heterocycles. The lowest BCUT2D eigenvalue weighted by molar-refractivity contribution is 0.100. The highest BCUT2D eigenvalue weighted by atomic mass is 19.2. The molecule has 1 aromatic carbocycles. The summed E-state index contributed by atoms with van der Waals surface area (Å²) in [6, 6.07) is 4.31. The molecule has 1 aromatic heterocycles. The standard InChI is InChI=1S/C11H5F3O2/c12-7-4-3-6(9(13)10(7)14)11(15)8-2-1-5-16-8/h1-5H. The second-order valence-electron chi connectivity index (χ2n) is 3.03. The number of hydrogen-bond donors (Lipinski definition) is 0. The summed E-state index contributed by atoms with van der Waals surface area (Å²) >= 11 is 0. The molecule has 0 N–H and O–H groups in total. The van der Waals surface area contributed by atoms with E-state index in [2.05, 4.69) is 0 Å². The topological polar surface area (TPSA) is 30.2 Å². The van der Waals surface area contributed by atoms with Crippen LogP contribution in [0.4, 0.5) is 13.2 Å². The van der Waals surface area contributed by atoms with Crippen LogP contribution in [0.5, 0.6) is 0 Å². The minimum atomic E-state index is -1.67. The van der Waals surface area contributed by atoms with Crippen molar-refractivity contribution in [3.8, 4) is 0 Å². The number of halogens is 3. The van der Waals surface area contributed by atoms with E-state index in [1.807, 2.05) is 0 Å². The Morgan fingerprint density at radius 2 is 1.81 bits per heavy atom. The van der Waals surface area contributed by atoms with Gasteiger partial charge in [-0.1, -0.05) is 0 Å². The maximum absolute atomic E-state index is 13.2. The monoisotopic (exact) mass is 226 g/mol. The van der Waals surface area contributed by atoms with Crippen LogP contribution >= 0.6 is 0 Å². The quantitative estimate of drug-likeness (QED) is 0.582. The zero-order valence-corrected chi connectivity index (χ0v) is 7.84. The van der Waals surface area contributed by atoms with Crippen LogP contribution in [-0.2, 0) is 0 Å². The van der Waals surface area contributed by atoms with Crippen LogP contribution in [0.3, 0.4) is 0 Å². The molecule has 0 aliphatic rings. The average molecular weight is 226 g/mol. The van der Waals surface area contributed by atoms with Crippen LogP contribution in [0, 0.1) is 17.5 Å². The number of hydrogen-bond acceptors (Lipinski definition) is 2. The Morgan fingerprint density at radius 1 is 1.06 bits per heavy atom. The third-order valence-corrected chi connectivity index (χ3v) is 2.02. The molecule has 0 amide bonds. The van der Waals surface area contributed by atoms with E-state index in [1.54, 1.807) is 0 Å². The van der Waals surface area contributed by atoms with Crippen LogP contribution in [-0.4, -0.2) is 5.78 Å². The van der Waals surface area contributed by atoms with Gasteiger partial charge in [-0.25, -0.2) is 13.2 Å². The third-order valence-electron chi connectivity index (χ3n) is 2.02. The van der Waals surface area contributed by atoms with Crippen molar-refractivity contribution in [3.05, 3.63) is 59.3 Å². The third kappa shape index (κ3) is 1.60. The lowest BCUT2D eigenvalue weighted by Crippen LogP contribution is -2.06. The van der Waals surface area contributed by atoms with E-state index in [1.165, 1.54) is 18.4 Å². The van der Waals surface area contributed by atoms with Crippen molar-refractivity contribution < 1.29 is 22.4 Å². The summed E-state index contributed by atoms with van der Waals surface area (Å²) in [6.07, 6.45) is 1.23. The predicted molar refractivity (Wildman–Crippen MR) is 48.5 cm³/mol. The van der Waals surface area contributed by atoms with Crippen LogP contribution < -0.4 is 0 Å². The predicted octanol–water partition coefficient (Wildman–Crippen LogP) is 2.93. The van der Waals surface area contributed by atoms with Crippen LogP contribution in [0.25, 0.3) is 0 Å². The van der Waals surface area contributed by atoms with Crippen molar-refractivity contribution in [2.75, 3.05) is 0 Å². The number of ketones is 1. The molecule has 0 aliphatic carbocycles. The lowest BCUT2D eigenvalue weighted by Gasteiger charge is -2.01. The first kappa shape index (κ1) is 10.5. The molecule has 0 saturated carbocycles. The molecular weight excluding hydrogens is 221 g/mol. The molecule has 0 radical (unpaired) electrons. The van der Waals surface area contributed by atoms with E-state index in [0.29, 0.717) is 6.07 Å². The maximum atomic E-state index is 13.2. The van der Waals surface area contributed by atoms with Crippen LogP contribution in [0.1, 0.15) is 16.1 Å². The maximum Gasteiger partial charge on any atom is 0.231 e. The summed E-state index contributed by atoms with van der Waals surface area (Å²) < 4.78 is 43.4. The minimum absolute atomic E-state index is 0.134. The van der Waals surface area contributed by atoms with E-state index in [-0.39, 0.29) is 5.76 Å². The molecule has 1 heterocycles. The van der Waals surface area contributed by atoms with Gasteiger partial charge in [-0.05, 0) is 24.3 Å². The fourth-order valence-corrected chi connectivity index (χ4v) is 1.24. The Balaban J connectivity index is 2.50. The Kier molecular flexibility index (Phi) is 2.52. The van der Waals surface area contributed by atoms with Crippen LogP contribution in [0.15, 0.2) is 34.9 Å². The first-order valence-corrected chi connectivity index (χ1v) is 4.33. The summed E-state index contributed by atoms with van der Waals surface area (Å²) in [4.78, 5) is 11.6. The normalized spacial score (nSPS) is 10.4. The van der Waals surface area contributed by atoms with E-state index in [4.69, 9.17) is 4.42 Å². The van der Waals surface area contributed by atoms with Crippen molar-refractivity contribution in [3.63, 3.8) is 0 Å². The van der Waals surface area contributed by atoms with Crippen molar-refractivity contribution in [2.45, 2.75) is 0 Å². The molecule has 16 heavy (non-hydrogen) atoms. The number of carbonyl (C=O) groups excluding carboxylic acids is 1. The summed E-state index contributed by atoms with van der Waals surface area (Å²) in [6.45, 7) is 0. The molecule has 0 spiro atoms. The summed E-state index contributed by atoms with van der Waals surface area (Å²) in [5, 5.41) is 0. The number of furan rings is 1. The minimum Gasteiger partial charge on any atom is -0.461 e. The molecule has 0 fully saturated rings. The second-order valence-corrected chi connectivity index (χ2v) is 3.03. The molecular formula is C11H5F3O2.